The summed E-state index contributed by atoms with van der Waals surface area (Å²) >= 11 is 0. The van der Waals surface area contributed by atoms with E-state index in [1.54, 1.807) is 6.07 Å². The predicted octanol–water partition coefficient (Wildman–Crippen LogP) is 0.988. The van der Waals surface area contributed by atoms with Crippen LogP contribution in [0.5, 0.6) is 0 Å². The van der Waals surface area contributed by atoms with Crippen LogP contribution in [0.3, 0.4) is 0 Å². The molecule has 0 saturated heterocycles. The Morgan fingerprint density at radius 3 is 2.53 bits per heavy atom. The zero-order valence-electron chi connectivity index (χ0n) is 10.8. The van der Waals surface area contributed by atoms with E-state index < -0.39 is 7.12 Å². The molecule has 1 aromatic carbocycles. The molecule has 94 valence electrons. The molecule has 2 N–H and O–H groups in total. The molecule has 1 aromatic rings. The van der Waals surface area contributed by atoms with Crippen LogP contribution in [0.25, 0.3) is 0 Å². The second kappa shape index (κ2) is 7.48. The fraction of sp³-hybridized carbons (Fsp3) is 0.538. The van der Waals surface area contributed by atoms with Gasteiger partial charge in [-0.05, 0) is 31.0 Å². The lowest BCUT2D eigenvalue weighted by atomic mass is 9.77. The van der Waals surface area contributed by atoms with Crippen molar-refractivity contribution in [2.45, 2.75) is 32.7 Å². The zero-order valence-corrected chi connectivity index (χ0v) is 10.8. The van der Waals surface area contributed by atoms with E-state index in [0.29, 0.717) is 5.46 Å². The molecule has 0 fully saturated rings. The Hall–Kier alpha value is -0.835. The Labute approximate surface area is 104 Å². The van der Waals surface area contributed by atoms with Gasteiger partial charge in [-0.15, -0.1) is 0 Å². The minimum atomic E-state index is -1.38. The number of hydrogen-bond acceptors (Lipinski definition) is 3. The van der Waals surface area contributed by atoms with Gasteiger partial charge in [0.15, 0.2) is 0 Å². The molecule has 0 aromatic heterocycles. The van der Waals surface area contributed by atoms with Gasteiger partial charge in [0.2, 0.25) is 0 Å². The van der Waals surface area contributed by atoms with Crippen LogP contribution < -0.4 is 5.46 Å². The Kier molecular flexibility index (Phi) is 6.26. The molecule has 3 nitrogen and oxygen atoms in total. The molecule has 17 heavy (non-hydrogen) atoms. The lowest BCUT2D eigenvalue weighted by molar-refractivity contribution is 0.318. The van der Waals surface area contributed by atoms with Crippen molar-refractivity contribution in [2.75, 3.05) is 13.6 Å². The Bertz CT molecular complexity index is 331. The van der Waals surface area contributed by atoms with Gasteiger partial charge >= 0.3 is 7.12 Å². The van der Waals surface area contributed by atoms with Gasteiger partial charge in [0, 0.05) is 6.54 Å². The fourth-order valence-corrected chi connectivity index (χ4v) is 1.93. The summed E-state index contributed by atoms with van der Waals surface area (Å²) in [7, 11) is 0.686. The van der Waals surface area contributed by atoms with Crippen molar-refractivity contribution in [3.63, 3.8) is 0 Å². The van der Waals surface area contributed by atoms with Crippen LogP contribution in [0, 0.1) is 0 Å². The van der Waals surface area contributed by atoms with E-state index in [0.717, 1.165) is 18.7 Å². The van der Waals surface area contributed by atoms with E-state index in [9.17, 15) is 10.0 Å². The van der Waals surface area contributed by atoms with Crippen LogP contribution in [0.15, 0.2) is 24.3 Å². The van der Waals surface area contributed by atoms with Crippen LogP contribution in [-0.4, -0.2) is 35.7 Å². The number of unbranched alkanes of at least 4 members (excludes halogenated alkanes) is 2. The molecule has 0 spiro atoms. The van der Waals surface area contributed by atoms with Gasteiger partial charge in [-0.2, -0.15) is 0 Å². The summed E-state index contributed by atoms with van der Waals surface area (Å²) in [6, 6.07) is 7.47. The van der Waals surface area contributed by atoms with E-state index in [4.69, 9.17) is 0 Å². The Balaban J connectivity index is 2.55. The first-order valence-electron chi connectivity index (χ1n) is 6.27. The first-order chi connectivity index (χ1) is 8.15. The molecule has 0 radical (unpaired) electrons. The van der Waals surface area contributed by atoms with Crippen LogP contribution in [-0.2, 0) is 6.54 Å². The Morgan fingerprint density at radius 2 is 1.88 bits per heavy atom. The third-order valence-electron chi connectivity index (χ3n) is 2.92. The highest BCUT2D eigenvalue weighted by Gasteiger charge is 2.15. The first-order valence-corrected chi connectivity index (χ1v) is 6.27. The molecular formula is C13H22BNO2. The third kappa shape index (κ3) is 4.90. The van der Waals surface area contributed by atoms with E-state index >= 15 is 0 Å². The molecule has 0 heterocycles. The standard InChI is InChI=1S/C13H22BNO2/c1-3-4-7-10-15(2)11-12-8-5-6-9-13(12)14(16)17/h5-6,8-9,16-17H,3-4,7,10-11H2,1-2H3. The zero-order chi connectivity index (χ0) is 12.7. The summed E-state index contributed by atoms with van der Waals surface area (Å²) in [5, 5.41) is 18.5. The molecule has 0 bridgehead atoms. The van der Waals surface area contributed by atoms with Gasteiger partial charge in [0.1, 0.15) is 0 Å². The summed E-state index contributed by atoms with van der Waals surface area (Å²) in [4.78, 5) is 2.22. The molecule has 0 saturated carbocycles. The van der Waals surface area contributed by atoms with Crippen molar-refractivity contribution in [3.05, 3.63) is 29.8 Å². The number of nitrogens with zero attached hydrogens (tertiary/aromatic N) is 1. The molecule has 0 unspecified atom stereocenters. The number of rotatable bonds is 7. The Morgan fingerprint density at radius 1 is 1.18 bits per heavy atom. The summed E-state index contributed by atoms with van der Waals surface area (Å²) in [6.45, 7) is 4.00. The summed E-state index contributed by atoms with van der Waals surface area (Å²) in [5.74, 6) is 0. The van der Waals surface area contributed by atoms with E-state index in [1.165, 1.54) is 19.3 Å². The predicted molar refractivity (Wildman–Crippen MR) is 72.1 cm³/mol. The smallest absolute Gasteiger partial charge is 0.423 e. The van der Waals surface area contributed by atoms with Gasteiger partial charge in [0.25, 0.3) is 0 Å². The highest BCUT2D eigenvalue weighted by molar-refractivity contribution is 6.59. The summed E-state index contributed by atoms with van der Waals surface area (Å²) in [6.07, 6.45) is 3.66. The maximum atomic E-state index is 9.27. The summed E-state index contributed by atoms with van der Waals surface area (Å²) in [5.41, 5.74) is 1.59. The normalized spacial score (nSPS) is 10.9. The molecular weight excluding hydrogens is 213 g/mol. The van der Waals surface area contributed by atoms with E-state index in [1.807, 2.05) is 18.2 Å². The highest BCUT2D eigenvalue weighted by Crippen LogP contribution is 2.03. The largest absolute Gasteiger partial charge is 0.488 e. The fourth-order valence-electron chi connectivity index (χ4n) is 1.93. The lowest BCUT2D eigenvalue weighted by Gasteiger charge is -2.18. The average Bonchev–Trinajstić information content (AvgIpc) is 2.29. The molecule has 0 aliphatic heterocycles. The average molecular weight is 235 g/mol. The van der Waals surface area contributed by atoms with Crippen molar-refractivity contribution in [1.82, 2.24) is 4.90 Å². The highest BCUT2D eigenvalue weighted by atomic mass is 16.4. The van der Waals surface area contributed by atoms with Crippen molar-refractivity contribution in [2.24, 2.45) is 0 Å². The van der Waals surface area contributed by atoms with Crippen molar-refractivity contribution < 1.29 is 10.0 Å². The summed E-state index contributed by atoms with van der Waals surface area (Å²) < 4.78 is 0. The molecule has 0 aliphatic rings. The van der Waals surface area contributed by atoms with Crippen LogP contribution >= 0.6 is 0 Å². The SMILES string of the molecule is CCCCCN(C)Cc1ccccc1B(O)O. The van der Waals surface area contributed by atoms with Crippen LogP contribution in [0.1, 0.15) is 31.7 Å². The lowest BCUT2D eigenvalue weighted by Crippen LogP contribution is -2.35. The quantitative estimate of drug-likeness (QED) is 0.547. The van der Waals surface area contributed by atoms with Gasteiger partial charge in [0.05, 0.1) is 0 Å². The molecule has 0 amide bonds. The third-order valence-corrected chi connectivity index (χ3v) is 2.92. The van der Waals surface area contributed by atoms with Gasteiger partial charge in [-0.25, -0.2) is 0 Å². The maximum Gasteiger partial charge on any atom is 0.488 e. The maximum absolute atomic E-state index is 9.27. The van der Waals surface area contributed by atoms with Crippen molar-refractivity contribution in [1.29, 1.82) is 0 Å². The van der Waals surface area contributed by atoms with Crippen molar-refractivity contribution >= 4 is 12.6 Å². The topological polar surface area (TPSA) is 43.7 Å². The van der Waals surface area contributed by atoms with E-state index in [-0.39, 0.29) is 0 Å². The van der Waals surface area contributed by atoms with Crippen LogP contribution in [0.4, 0.5) is 0 Å². The second-order valence-corrected chi connectivity index (χ2v) is 4.52. The molecule has 0 atom stereocenters. The van der Waals surface area contributed by atoms with Gasteiger partial charge in [-0.3, -0.25) is 0 Å². The van der Waals surface area contributed by atoms with Crippen LogP contribution in [0.2, 0.25) is 0 Å². The minimum Gasteiger partial charge on any atom is -0.423 e. The number of hydrogen-bond donors (Lipinski definition) is 2. The van der Waals surface area contributed by atoms with Gasteiger partial charge < -0.3 is 14.9 Å². The number of benzene rings is 1. The molecule has 0 aliphatic carbocycles. The monoisotopic (exact) mass is 235 g/mol. The molecule has 4 heteroatoms. The first kappa shape index (κ1) is 14.2. The van der Waals surface area contributed by atoms with Crippen molar-refractivity contribution in [3.8, 4) is 0 Å². The van der Waals surface area contributed by atoms with E-state index in [2.05, 4.69) is 18.9 Å². The van der Waals surface area contributed by atoms with Gasteiger partial charge in [-0.1, -0.05) is 44.0 Å². The minimum absolute atomic E-state index is 0.606. The molecule has 1 rings (SSSR count). The second-order valence-electron chi connectivity index (χ2n) is 4.52.